The summed E-state index contributed by atoms with van der Waals surface area (Å²) in [7, 11) is 1.85. The van der Waals surface area contributed by atoms with Crippen molar-refractivity contribution in [2.24, 2.45) is 7.05 Å². The van der Waals surface area contributed by atoms with Gasteiger partial charge in [0.2, 0.25) is 5.91 Å². The molecule has 3 aromatic rings. The molecule has 1 aliphatic carbocycles. The lowest BCUT2D eigenvalue weighted by molar-refractivity contribution is -0.113. The Morgan fingerprint density at radius 1 is 1.28 bits per heavy atom. The number of fused-ring (bicyclic) bond motifs is 3. The monoisotopic (exact) mass is 431 g/mol. The average molecular weight is 432 g/mol. The third kappa shape index (κ3) is 3.61. The Morgan fingerprint density at radius 2 is 2.03 bits per heavy atom. The van der Waals surface area contributed by atoms with Crippen molar-refractivity contribution in [2.75, 3.05) is 11.1 Å². The highest BCUT2D eigenvalue weighted by atomic mass is 32.2. The highest BCUT2D eigenvalue weighted by molar-refractivity contribution is 7.99. The predicted octanol–water partition coefficient (Wildman–Crippen LogP) is 3.44. The van der Waals surface area contributed by atoms with Crippen molar-refractivity contribution in [1.82, 2.24) is 19.3 Å². The molecule has 4 rings (SSSR count). The molecule has 9 heteroatoms. The Morgan fingerprint density at radius 3 is 2.72 bits per heavy atom. The number of anilines is 1. The van der Waals surface area contributed by atoms with Gasteiger partial charge >= 0.3 is 0 Å². The number of nitrogens with zero attached hydrogens (tertiary/aromatic N) is 4. The number of thioether (sulfide) groups is 1. The quantitative estimate of drug-likeness (QED) is 0.494. The van der Waals surface area contributed by atoms with E-state index in [2.05, 4.69) is 10.4 Å². The van der Waals surface area contributed by atoms with E-state index in [1.54, 1.807) is 20.6 Å². The van der Waals surface area contributed by atoms with Gasteiger partial charge in [0.05, 0.1) is 28.2 Å². The van der Waals surface area contributed by atoms with E-state index in [-0.39, 0.29) is 17.2 Å². The normalized spacial score (nSPS) is 13.7. The first-order chi connectivity index (χ1) is 13.9. The van der Waals surface area contributed by atoms with Crippen LogP contribution in [0.5, 0.6) is 0 Å². The SMILES string of the molecule is CCn1c(SCC(=O)Nc2c(C)nn(C)c2C)nc2sc3c(c2c1=O)CCCC3. The summed E-state index contributed by atoms with van der Waals surface area (Å²) in [6.07, 6.45) is 4.32. The smallest absolute Gasteiger partial charge is 0.263 e. The number of rotatable bonds is 5. The minimum Gasteiger partial charge on any atom is -0.322 e. The molecule has 154 valence electrons. The molecule has 3 heterocycles. The first-order valence-corrected chi connectivity index (χ1v) is 11.7. The van der Waals surface area contributed by atoms with Crippen LogP contribution in [0.4, 0.5) is 5.69 Å². The number of hydrogen-bond acceptors (Lipinski definition) is 6. The van der Waals surface area contributed by atoms with E-state index in [0.29, 0.717) is 11.7 Å². The minimum absolute atomic E-state index is 0.0266. The lowest BCUT2D eigenvalue weighted by atomic mass is 9.97. The van der Waals surface area contributed by atoms with Crippen molar-refractivity contribution in [3.8, 4) is 0 Å². The Labute approximate surface area is 177 Å². The van der Waals surface area contributed by atoms with E-state index < -0.39 is 0 Å². The summed E-state index contributed by atoms with van der Waals surface area (Å²) in [6.45, 7) is 6.28. The number of thiophene rings is 1. The fourth-order valence-electron chi connectivity index (χ4n) is 3.87. The van der Waals surface area contributed by atoms with Gasteiger partial charge in [0.15, 0.2) is 5.16 Å². The van der Waals surface area contributed by atoms with Crippen LogP contribution >= 0.6 is 23.1 Å². The molecule has 1 N–H and O–H groups in total. The van der Waals surface area contributed by atoms with Crippen molar-refractivity contribution in [3.63, 3.8) is 0 Å². The van der Waals surface area contributed by atoms with Gasteiger partial charge in [-0.2, -0.15) is 5.10 Å². The molecule has 0 atom stereocenters. The van der Waals surface area contributed by atoms with E-state index in [1.165, 1.54) is 28.6 Å². The third-order valence-electron chi connectivity index (χ3n) is 5.46. The summed E-state index contributed by atoms with van der Waals surface area (Å²) < 4.78 is 3.45. The molecule has 0 saturated carbocycles. The highest BCUT2D eigenvalue weighted by Crippen LogP contribution is 2.34. The predicted molar refractivity (Wildman–Crippen MR) is 118 cm³/mol. The number of aromatic nitrogens is 4. The van der Waals surface area contributed by atoms with Crippen LogP contribution in [0.2, 0.25) is 0 Å². The summed E-state index contributed by atoms with van der Waals surface area (Å²) in [4.78, 5) is 32.6. The van der Waals surface area contributed by atoms with Gasteiger partial charge in [0.25, 0.3) is 5.56 Å². The lowest BCUT2D eigenvalue weighted by Gasteiger charge is -2.12. The molecule has 1 aliphatic rings. The van der Waals surface area contributed by atoms with Gasteiger partial charge in [0, 0.05) is 18.5 Å². The van der Waals surface area contributed by atoms with E-state index in [9.17, 15) is 9.59 Å². The molecule has 0 radical (unpaired) electrons. The second kappa shape index (κ2) is 7.95. The van der Waals surface area contributed by atoms with Crippen molar-refractivity contribution < 1.29 is 4.79 Å². The average Bonchev–Trinajstić information content (AvgIpc) is 3.18. The zero-order valence-electron chi connectivity index (χ0n) is 17.2. The molecule has 0 spiro atoms. The summed E-state index contributed by atoms with van der Waals surface area (Å²) in [5.41, 5.74) is 3.68. The molecule has 0 bridgehead atoms. The number of hydrogen-bond donors (Lipinski definition) is 1. The van der Waals surface area contributed by atoms with Crippen LogP contribution in [-0.2, 0) is 31.2 Å². The molecular formula is C20H25N5O2S2. The molecule has 0 saturated heterocycles. The number of carbonyl (C=O) groups is 1. The summed E-state index contributed by atoms with van der Waals surface area (Å²) >= 11 is 2.95. The van der Waals surface area contributed by atoms with Gasteiger partial charge in [-0.15, -0.1) is 11.3 Å². The molecule has 1 amide bonds. The minimum atomic E-state index is -0.128. The maximum absolute atomic E-state index is 13.1. The number of aryl methyl sites for hydroxylation is 4. The summed E-state index contributed by atoms with van der Waals surface area (Å²) in [5, 5.41) is 8.67. The standard InChI is InChI=1S/C20H25N5O2S2/c1-5-25-19(27)16-13-8-6-7-9-14(13)29-18(16)22-20(25)28-10-15(26)21-17-11(2)23-24(4)12(17)3/h5-10H2,1-4H3,(H,21,26). The summed E-state index contributed by atoms with van der Waals surface area (Å²) in [6, 6.07) is 0. The van der Waals surface area contributed by atoms with E-state index in [0.717, 1.165) is 46.6 Å². The molecule has 0 aliphatic heterocycles. The fourth-order valence-corrected chi connectivity index (χ4v) is 6.03. The van der Waals surface area contributed by atoms with Crippen molar-refractivity contribution in [2.45, 2.75) is 58.2 Å². The van der Waals surface area contributed by atoms with E-state index in [1.807, 2.05) is 27.8 Å². The Kier molecular flexibility index (Phi) is 5.52. The van der Waals surface area contributed by atoms with Gasteiger partial charge in [-0.05, 0) is 52.0 Å². The molecular weight excluding hydrogens is 406 g/mol. The van der Waals surface area contributed by atoms with Crippen LogP contribution in [-0.4, -0.2) is 31.0 Å². The van der Waals surface area contributed by atoms with Crippen LogP contribution in [0.25, 0.3) is 10.2 Å². The maximum Gasteiger partial charge on any atom is 0.263 e. The first kappa shape index (κ1) is 20.2. The van der Waals surface area contributed by atoms with Crippen LogP contribution in [0.3, 0.4) is 0 Å². The maximum atomic E-state index is 13.1. The molecule has 29 heavy (non-hydrogen) atoms. The zero-order valence-corrected chi connectivity index (χ0v) is 18.8. The molecule has 7 nitrogen and oxygen atoms in total. The first-order valence-electron chi connectivity index (χ1n) is 9.88. The van der Waals surface area contributed by atoms with Crippen LogP contribution in [0.1, 0.15) is 41.6 Å². The van der Waals surface area contributed by atoms with Crippen LogP contribution in [0, 0.1) is 13.8 Å². The van der Waals surface area contributed by atoms with Crippen LogP contribution < -0.4 is 10.9 Å². The number of amides is 1. The number of carbonyl (C=O) groups excluding carboxylic acids is 1. The lowest BCUT2D eigenvalue weighted by Crippen LogP contribution is -2.24. The van der Waals surface area contributed by atoms with Gasteiger partial charge in [-0.1, -0.05) is 11.8 Å². The van der Waals surface area contributed by atoms with Gasteiger partial charge in [-0.3, -0.25) is 18.8 Å². The van der Waals surface area contributed by atoms with Crippen molar-refractivity contribution in [3.05, 3.63) is 32.2 Å². The van der Waals surface area contributed by atoms with Gasteiger partial charge < -0.3 is 5.32 Å². The fraction of sp³-hybridized carbons (Fsp3) is 0.500. The zero-order chi connectivity index (χ0) is 20.7. The molecule has 0 unspecified atom stereocenters. The van der Waals surface area contributed by atoms with Gasteiger partial charge in [0.1, 0.15) is 4.83 Å². The number of nitrogens with one attached hydrogen (secondary N) is 1. The Balaban J connectivity index is 1.59. The Bertz CT molecular complexity index is 1160. The van der Waals surface area contributed by atoms with E-state index >= 15 is 0 Å². The largest absolute Gasteiger partial charge is 0.322 e. The van der Waals surface area contributed by atoms with Crippen molar-refractivity contribution >= 4 is 44.9 Å². The highest BCUT2D eigenvalue weighted by Gasteiger charge is 2.22. The Hall–Kier alpha value is -2.13. The van der Waals surface area contributed by atoms with Crippen molar-refractivity contribution in [1.29, 1.82) is 0 Å². The topological polar surface area (TPSA) is 81.8 Å². The summed E-state index contributed by atoms with van der Waals surface area (Å²) in [5.74, 6) is 0.0632. The van der Waals surface area contributed by atoms with Gasteiger partial charge in [-0.25, -0.2) is 4.98 Å². The third-order valence-corrected chi connectivity index (χ3v) is 7.62. The molecule has 0 aromatic carbocycles. The second-order valence-electron chi connectivity index (χ2n) is 7.34. The van der Waals surface area contributed by atoms with Crippen LogP contribution in [0.15, 0.2) is 9.95 Å². The second-order valence-corrected chi connectivity index (χ2v) is 9.37. The molecule has 3 aromatic heterocycles. The van der Waals surface area contributed by atoms with E-state index in [4.69, 9.17) is 4.98 Å². The molecule has 0 fully saturated rings.